The van der Waals surface area contributed by atoms with E-state index in [1.165, 1.54) is 0 Å². The Labute approximate surface area is 72.1 Å². The van der Waals surface area contributed by atoms with Crippen molar-refractivity contribution < 1.29 is 0 Å². The summed E-state index contributed by atoms with van der Waals surface area (Å²) < 4.78 is 0. The van der Waals surface area contributed by atoms with Crippen LogP contribution < -0.4 is 22.5 Å². The topological polar surface area (TPSA) is 82.6 Å². The number of hydrazine groups is 3. The Morgan fingerprint density at radius 3 is 2.92 bits per heavy atom. The van der Waals surface area contributed by atoms with Crippen molar-refractivity contribution in [3.8, 4) is 0 Å². The second kappa shape index (κ2) is 4.15. The molecule has 0 fully saturated rings. The summed E-state index contributed by atoms with van der Waals surface area (Å²) in [6.07, 6.45) is 2.76. The van der Waals surface area contributed by atoms with Gasteiger partial charge in [-0.15, -0.1) is 5.53 Å². The number of nitrogens with two attached hydrogens (primary N) is 2. The molecule has 0 atom stereocenters. The van der Waals surface area contributed by atoms with Gasteiger partial charge in [-0.1, -0.05) is 0 Å². The van der Waals surface area contributed by atoms with Crippen LogP contribution >= 0.6 is 0 Å². The summed E-state index contributed by atoms with van der Waals surface area (Å²) >= 11 is 0. The van der Waals surface area contributed by atoms with Crippen LogP contribution in [0.2, 0.25) is 0 Å². The Hall–Kier alpha value is -0.980. The maximum atomic E-state index is 5.71. The third kappa shape index (κ3) is 2.26. The summed E-state index contributed by atoms with van der Waals surface area (Å²) in [4.78, 5) is 0. The molecule has 6 N–H and O–H groups in total. The highest BCUT2D eigenvalue weighted by atomic mass is 15.7. The van der Waals surface area contributed by atoms with E-state index in [0.717, 1.165) is 18.8 Å². The monoisotopic (exact) mass is 172 g/mol. The molecule has 0 unspecified atom stereocenters. The van der Waals surface area contributed by atoms with Gasteiger partial charge in [-0.3, -0.25) is 15.4 Å². The fourth-order valence-corrected chi connectivity index (χ4v) is 0.921. The van der Waals surface area contributed by atoms with E-state index >= 15 is 0 Å². The molecule has 0 aromatic carbocycles. The first kappa shape index (κ1) is 9.11. The van der Waals surface area contributed by atoms with Crippen molar-refractivity contribution in [3.63, 3.8) is 0 Å². The number of rotatable bonds is 4. The lowest BCUT2D eigenvalue weighted by atomic mass is 10.4. The van der Waals surface area contributed by atoms with Crippen LogP contribution in [-0.2, 0) is 0 Å². The van der Waals surface area contributed by atoms with Gasteiger partial charge in [-0.05, 0) is 13.0 Å². The van der Waals surface area contributed by atoms with Gasteiger partial charge in [0.25, 0.3) is 0 Å². The molecule has 0 amide bonds. The molecule has 1 rings (SSSR count). The maximum absolute atomic E-state index is 5.71. The van der Waals surface area contributed by atoms with Crippen molar-refractivity contribution in [3.05, 3.63) is 12.0 Å². The molecule has 1 aliphatic heterocycles. The Kier molecular flexibility index (Phi) is 3.15. The molecule has 1 aliphatic rings. The lowest BCUT2D eigenvalue weighted by molar-refractivity contribution is 0.293. The third-order valence-electron chi connectivity index (χ3n) is 1.59. The van der Waals surface area contributed by atoms with Gasteiger partial charge in [-0.2, -0.15) is 0 Å². The van der Waals surface area contributed by atoms with Gasteiger partial charge in [-0.25, -0.2) is 5.84 Å². The quantitative estimate of drug-likeness (QED) is 0.298. The average molecular weight is 172 g/mol. The van der Waals surface area contributed by atoms with E-state index in [1.807, 2.05) is 13.2 Å². The SMILES string of the molecule is CN1C=C(N(N)CCCN)NN1. The first-order valence-corrected chi connectivity index (χ1v) is 3.92. The molecule has 1 heterocycles. The molecular weight excluding hydrogens is 156 g/mol. The van der Waals surface area contributed by atoms with Crippen LogP contribution in [0, 0.1) is 0 Å². The van der Waals surface area contributed by atoms with E-state index in [-0.39, 0.29) is 0 Å². The second-order valence-electron chi connectivity index (χ2n) is 2.70. The Bertz CT molecular complexity index is 167. The van der Waals surface area contributed by atoms with E-state index in [1.54, 1.807) is 10.0 Å². The fourth-order valence-electron chi connectivity index (χ4n) is 0.921. The number of nitrogens with zero attached hydrogens (tertiary/aromatic N) is 2. The maximum Gasteiger partial charge on any atom is 0.149 e. The second-order valence-corrected chi connectivity index (χ2v) is 2.70. The lowest BCUT2D eigenvalue weighted by Gasteiger charge is -2.17. The summed E-state index contributed by atoms with van der Waals surface area (Å²) in [6, 6.07) is 0. The van der Waals surface area contributed by atoms with Gasteiger partial charge in [0.15, 0.2) is 0 Å². The van der Waals surface area contributed by atoms with Crippen molar-refractivity contribution in [2.45, 2.75) is 6.42 Å². The fraction of sp³-hybridized carbons (Fsp3) is 0.667. The Balaban J connectivity index is 2.32. The van der Waals surface area contributed by atoms with Crippen LogP contribution in [0.25, 0.3) is 0 Å². The van der Waals surface area contributed by atoms with Gasteiger partial charge in [0.2, 0.25) is 0 Å². The molecule has 0 bridgehead atoms. The minimum Gasteiger partial charge on any atom is -0.330 e. The van der Waals surface area contributed by atoms with Crippen LogP contribution in [0.1, 0.15) is 6.42 Å². The predicted octanol–water partition coefficient (Wildman–Crippen LogP) is -1.74. The van der Waals surface area contributed by atoms with Gasteiger partial charge in [0.1, 0.15) is 5.82 Å². The highest BCUT2D eigenvalue weighted by Gasteiger charge is 2.10. The smallest absolute Gasteiger partial charge is 0.149 e. The molecule has 0 saturated carbocycles. The summed E-state index contributed by atoms with van der Waals surface area (Å²) in [6.45, 7) is 1.41. The predicted molar refractivity (Wildman–Crippen MR) is 46.7 cm³/mol. The minimum absolute atomic E-state index is 0.657. The van der Waals surface area contributed by atoms with Crippen LogP contribution in [0.15, 0.2) is 12.0 Å². The zero-order valence-electron chi connectivity index (χ0n) is 7.25. The van der Waals surface area contributed by atoms with Crippen LogP contribution in [0.4, 0.5) is 0 Å². The lowest BCUT2D eigenvalue weighted by Crippen LogP contribution is -2.41. The zero-order chi connectivity index (χ0) is 8.97. The first-order valence-electron chi connectivity index (χ1n) is 3.92. The largest absolute Gasteiger partial charge is 0.330 e. The number of hydrogen-bond donors (Lipinski definition) is 4. The molecule has 70 valence electrons. The van der Waals surface area contributed by atoms with E-state index in [0.29, 0.717) is 6.54 Å². The van der Waals surface area contributed by atoms with Crippen LogP contribution in [0.3, 0.4) is 0 Å². The van der Waals surface area contributed by atoms with Crippen molar-refractivity contribution in [1.82, 2.24) is 21.0 Å². The minimum atomic E-state index is 0.657. The van der Waals surface area contributed by atoms with E-state index in [9.17, 15) is 0 Å². The highest BCUT2D eigenvalue weighted by molar-refractivity contribution is 4.98. The molecule has 0 saturated heterocycles. The highest BCUT2D eigenvalue weighted by Crippen LogP contribution is 1.99. The van der Waals surface area contributed by atoms with Crippen molar-refractivity contribution in [2.75, 3.05) is 20.1 Å². The van der Waals surface area contributed by atoms with Crippen LogP contribution in [-0.4, -0.2) is 30.2 Å². The third-order valence-corrected chi connectivity index (χ3v) is 1.59. The zero-order valence-corrected chi connectivity index (χ0v) is 7.25. The molecule has 6 nitrogen and oxygen atoms in total. The van der Waals surface area contributed by atoms with Crippen LogP contribution in [0.5, 0.6) is 0 Å². The molecule has 0 spiro atoms. The van der Waals surface area contributed by atoms with Gasteiger partial charge >= 0.3 is 0 Å². The van der Waals surface area contributed by atoms with Gasteiger partial charge in [0, 0.05) is 13.6 Å². The van der Waals surface area contributed by atoms with E-state index in [4.69, 9.17) is 11.6 Å². The molecule has 6 heteroatoms. The normalized spacial score (nSPS) is 15.9. The Morgan fingerprint density at radius 1 is 1.67 bits per heavy atom. The number of nitrogens with one attached hydrogen (secondary N) is 2. The molecule has 0 radical (unpaired) electrons. The number of hydrogen-bond acceptors (Lipinski definition) is 6. The van der Waals surface area contributed by atoms with Gasteiger partial charge < -0.3 is 5.73 Å². The standard InChI is InChI=1S/C6H16N6/c1-11-5-6(9-10-11)12(8)4-2-3-7/h5,9-10H,2-4,7-8H2,1H3. The van der Waals surface area contributed by atoms with E-state index < -0.39 is 0 Å². The Morgan fingerprint density at radius 2 is 2.42 bits per heavy atom. The first-order chi connectivity index (χ1) is 5.74. The average Bonchev–Trinajstić information content (AvgIpc) is 2.47. The van der Waals surface area contributed by atoms with Crippen molar-refractivity contribution in [1.29, 1.82) is 0 Å². The molecular formula is C6H16N6. The molecule has 0 aromatic heterocycles. The van der Waals surface area contributed by atoms with E-state index in [2.05, 4.69) is 11.0 Å². The summed E-state index contributed by atoms with van der Waals surface area (Å²) in [5.74, 6) is 6.56. The van der Waals surface area contributed by atoms with Gasteiger partial charge in [0.05, 0.1) is 6.20 Å². The molecule has 12 heavy (non-hydrogen) atoms. The van der Waals surface area contributed by atoms with Crippen molar-refractivity contribution in [2.24, 2.45) is 11.6 Å². The molecule has 0 aliphatic carbocycles. The van der Waals surface area contributed by atoms with Crippen molar-refractivity contribution >= 4 is 0 Å². The summed E-state index contributed by atoms with van der Waals surface area (Å²) in [5.41, 5.74) is 11.1. The molecule has 0 aromatic rings. The summed E-state index contributed by atoms with van der Waals surface area (Å²) in [7, 11) is 1.89. The summed E-state index contributed by atoms with van der Waals surface area (Å²) in [5, 5.41) is 3.42.